The minimum Gasteiger partial charge on any atom is -0.478 e. The van der Waals surface area contributed by atoms with Gasteiger partial charge in [-0.25, -0.2) is 9.59 Å². The van der Waals surface area contributed by atoms with Crippen LogP contribution >= 0.6 is 0 Å². The number of carboxylic acids is 1. The van der Waals surface area contributed by atoms with Crippen LogP contribution in [0.5, 0.6) is 0 Å². The van der Waals surface area contributed by atoms with Gasteiger partial charge >= 0.3 is 12.0 Å². The average molecular weight is 272 g/mol. The largest absolute Gasteiger partial charge is 0.478 e. The first-order valence-corrected chi connectivity index (χ1v) is 5.78. The molecule has 7 heteroatoms. The third-order valence-corrected chi connectivity index (χ3v) is 2.51. The third kappa shape index (κ3) is 6.56. The Labute approximate surface area is 112 Å². The van der Waals surface area contributed by atoms with Crippen molar-refractivity contribution in [2.75, 3.05) is 20.3 Å². The van der Waals surface area contributed by atoms with E-state index in [4.69, 9.17) is 9.84 Å². The number of nitrogens with one attached hydrogen (secondary N) is 2. The molecule has 19 heavy (non-hydrogen) atoms. The standard InChI is InChI=1S/C12H20N2O5/c1-7(6-19-4)5-13-12(18)14-10(15)8(2)9(3)11(16)17/h7H,5-6H2,1-4H3,(H,16,17)(H2,13,14,15,18). The zero-order valence-electron chi connectivity index (χ0n) is 11.6. The van der Waals surface area contributed by atoms with Crippen molar-refractivity contribution in [1.29, 1.82) is 0 Å². The Kier molecular flexibility index (Phi) is 7.43. The number of imide groups is 1. The van der Waals surface area contributed by atoms with Gasteiger partial charge in [-0.1, -0.05) is 6.92 Å². The van der Waals surface area contributed by atoms with E-state index in [2.05, 4.69) is 10.6 Å². The van der Waals surface area contributed by atoms with Crippen molar-refractivity contribution >= 4 is 17.9 Å². The fourth-order valence-corrected chi connectivity index (χ4v) is 1.18. The minimum absolute atomic E-state index is 0.00686. The number of ether oxygens (including phenoxy) is 1. The van der Waals surface area contributed by atoms with Gasteiger partial charge in [0.1, 0.15) is 0 Å². The van der Waals surface area contributed by atoms with Gasteiger partial charge in [0.2, 0.25) is 0 Å². The molecule has 0 heterocycles. The van der Waals surface area contributed by atoms with Crippen molar-refractivity contribution < 1.29 is 24.2 Å². The number of methoxy groups -OCH3 is 1. The number of hydrogen-bond acceptors (Lipinski definition) is 4. The lowest BCUT2D eigenvalue weighted by molar-refractivity contribution is -0.133. The van der Waals surface area contributed by atoms with Crippen LogP contribution in [0.2, 0.25) is 0 Å². The van der Waals surface area contributed by atoms with Crippen LogP contribution in [0.1, 0.15) is 20.8 Å². The predicted octanol–water partition coefficient (Wildman–Crippen LogP) is 0.516. The zero-order valence-corrected chi connectivity index (χ0v) is 11.6. The number of hydrogen-bond donors (Lipinski definition) is 3. The van der Waals surface area contributed by atoms with E-state index >= 15 is 0 Å². The van der Waals surface area contributed by atoms with E-state index in [1.807, 2.05) is 6.92 Å². The molecular formula is C12H20N2O5. The van der Waals surface area contributed by atoms with Crippen molar-refractivity contribution in [2.45, 2.75) is 20.8 Å². The number of carboxylic acid groups (broad SMARTS) is 1. The summed E-state index contributed by atoms with van der Waals surface area (Å²) in [5, 5.41) is 13.3. The Hall–Kier alpha value is -1.89. The second kappa shape index (κ2) is 8.25. The van der Waals surface area contributed by atoms with Gasteiger partial charge in [0.15, 0.2) is 0 Å². The molecule has 0 radical (unpaired) electrons. The maximum Gasteiger partial charge on any atom is 0.331 e. The lowest BCUT2D eigenvalue weighted by Crippen LogP contribution is -2.42. The van der Waals surface area contributed by atoms with Crippen LogP contribution in [0.15, 0.2) is 11.1 Å². The first-order chi connectivity index (χ1) is 8.79. The van der Waals surface area contributed by atoms with Gasteiger partial charge in [0.05, 0.1) is 6.61 Å². The SMILES string of the molecule is COCC(C)CNC(=O)NC(=O)C(C)=C(C)C(=O)O. The highest BCUT2D eigenvalue weighted by molar-refractivity contribution is 6.07. The third-order valence-electron chi connectivity index (χ3n) is 2.51. The first kappa shape index (κ1) is 17.1. The van der Waals surface area contributed by atoms with E-state index in [1.54, 1.807) is 7.11 Å². The van der Waals surface area contributed by atoms with Crippen LogP contribution in [0.4, 0.5) is 4.79 Å². The van der Waals surface area contributed by atoms with Gasteiger partial charge in [0, 0.05) is 24.8 Å². The molecule has 0 aliphatic rings. The zero-order chi connectivity index (χ0) is 15.0. The summed E-state index contributed by atoms with van der Waals surface area (Å²) in [7, 11) is 1.56. The van der Waals surface area contributed by atoms with E-state index < -0.39 is 17.9 Å². The Bertz CT molecular complexity index is 390. The summed E-state index contributed by atoms with van der Waals surface area (Å²) in [6.45, 7) is 5.37. The lowest BCUT2D eigenvalue weighted by atomic mass is 10.1. The van der Waals surface area contributed by atoms with Gasteiger partial charge in [0.25, 0.3) is 5.91 Å². The molecule has 0 aliphatic carbocycles. The number of aliphatic carboxylic acids is 1. The van der Waals surface area contributed by atoms with E-state index in [-0.39, 0.29) is 17.1 Å². The summed E-state index contributed by atoms with van der Waals surface area (Å²) in [5.74, 6) is -1.80. The monoisotopic (exact) mass is 272 g/mol. The molecule has 3 N–H and O–H groups in total. The minimum atomic E-state index is -1.19. The molecule has 0 saturated heterocycles. The molecular weight excluding hydrogens is 252 g/mol. The molecule has 1 unspecified atom stereocenters. The van der Waals surface area contributed by atoms with Crippen molar-refractivity contribution in [3.63, 3.8) is 0 Å². The first-order valence-electron chi connectivity index (χ1n) is 5.78. The van der Waals surface area contributed by atoms with E-state index in [1.165, 1.54) is 13.8 Å². The van der Waals surface area contributed by atoms with Crippen molar-refractivity contribution in [3.05, 3.63) is 11.1 Å². The fraction of sp³-hybridized carbons (Fsp3) is 0.583. The average Bonchev–Trinajstić information content (AvgIpc) is 2.34. The summed E-state index contributed by atoms with van der Waals surface area (Å²) in [6, 6.07) is -0.662. The molecule has 1 atom stereocenters. The Morgan fingerprint density at radius 3 is 2.26 bits per heavy atom. The van der Waals surface area contributed by atoms with Crippen LogP contribution < -0.4 is 10.6 Å². The van der Waals surface area contributed by atoms with Crippen molar-refractivity contribution in [1.82, 2.24) is 10.6 Å². The Morgan fingerprint density at radius 1 is 1.21 bits per heavy atom. The molecule has 0 rings (SSSR count). The van der Waals surface area contributed by atoms with Crippen LogP contribution in [0.3, 0.4) is 0 Å². The van der Waals surface area contributed by atoms with Crippen molar-refractivity contribution in [3.8, 4) is 0 Å². The number of rotatable bonds is 6. The maximum atomic E-state index is 11.6. The van der Waals surface area contributed by atoms with E-state index in [9.17, 15) is 14.4 Å². The smallest absolute Gasteiger partial charge is 0.331 e. The maximum absolute atomic E-state index is 11.6. The number of urea groups is 1. The molecule has 0 aliphatic heterocycles. The fourth-order valence-electron chi connectivity index (χ4n) is 1.18. The van der Waals surface area contributed by atoms with Crippen LogP contribution in [0.25, 0.3) is 0 Å². The normalized spacial score (nSPS) is 13.3. The molecule has 7 nitrogen and oxygen atoms in total. The lowest BCUT2D eigenvalue weighted by Gasteiger charge is -2.12. The molecule has 0 spiro atoms. The second-order valence-corrected chi connectivity index (χ2v) is 4.28. The van der Waals surface area contributed by atoms with Gasteiger partial charge in [-0.3, -0.25) is 10.1 Å². The number of carbonyl (C=O) groups excluding carboxylic acids is 2. The predicted molar refractivity (Wildman–Crippen MR) is 68.6 cm³/mol. The summed E-state index contributed by atoms with van der Waals surface area (Å²) >= 11 is 0. The van der Waals surface area contributed by atoms with Crippen LogP contribution in [-0.2, 0) is 14.3 Å². The Balaban J connectivity index is 4.31. The summed E-state index contributed by atoms with van der Waals surface area (Å²) in [4.78, 5) is 33.6. The summed E-state index contributed by atoms with van der Waals surface area (Å²) < 4.78 is 4.90. The van der Waals surface area contributed by atoms with Gasteiger partial charge in [-0.15, -0.1) is 0 Å². The van der Waals surface area contributed by atoms with Crippen LogP contribution in [-0.4, -0.2) is 43.3 Å². The molecule has 0 fully saturated rings. The molecule has 0 aromatic carbocycles. The van der Waals surface area contributed by atoms with Gasteiger partial charge in [-0.2, -0.15) is 0 Å². The second-order valence-electron chi connectivity index (χ2n) is 4.28. The van der Waals surface area contributed by atoms with Gasteiger partial charge in [-0.05, 0) is 19.8 Å². The number of carbonyl (C=O) groups is 3. The summed E-state index contributed by atoms with van der Waals surface area (Å²) in [5.41, 5.74) is -0.106. The van der Waals surface area contributed by atoms with E-state index in [0.717, 1.165) is 0 Å². The quantitative estimate of drug-likeness (QED) is 0.611. The number of amides is 3. The highest BCUT2D eigenvalue weighted by atomic mass is 16.5. The molecule has 0 saturated carbocycles. The van der Waals surface area contributed by atoms with E-state index in [0.29, 0.717) is 13.2 Å². The molecule has 0 aromatic heterocycles. The van der Waals surface area contributed by atoms with Crippen molar-refractivity contribution in [2.24, 2.45) is 5.92 Å². The summed E-state index contributed by atoms with van der Waals surface area (Å²) in [6.07, 6.45) is 0. The Morgan fingerprint density at radius 2 is 1.79 bits per heavy atom. The molecule has 108 valence electrons. The van der Waals surface area contributed by atoms with Gasteiger partial charge < -0.3 is 15.2 Å². The molecule has 0 bridgehead atoms. The highest BCUT2D eigenvalue weighted by Gasteiger charge is 2.15. The molecule has 0 aromatic rings. The van der Waals surface area contributed by atoms with Crippen LogP contribution in [0, 0.1) is 5.92 Å². The topological polar surface area (TPSA) is 105 Å². The molecule has 3 amide bonds. The highest BCUT2D eigenvalue weighted by Crippen LogP contribution is 2.03.